The van der Waals surface area contributed by atoms with Crippen molar-refractivity contribution in [3.8, 4) is 22.8 Å². The van der Waals surface area contributed by atoms with Gasteiger partial charge in [-0.15, -0.1) is 0 Å². The quantitative estimate of drug-likeness (QED) is 0.776. The summed E-state index contributed by atoms with van der Waals surface area (Å²) >= 11 is 0. The third kappa shape index (κ3) is 3.38. The van der Waals surface area contributed by atoms with Gasteiger partial charge in [-0.25, -0.2) is 0 Å². The van der Waals surface area contributed by atoms with Gasteiger partial charge in [0.05, 0.1) is 14.2 Å². The van der Waals surface area contributed by atoms with E-state index in [1.165, 1.54) is 0 Å². The molecule has 122 valence electrons. The molecule has 0 aliphatic rings. The average molecular weight is 324 g/mol. The molecule has 0 aliphatic heterocycles. The SMILES string of the molecule is COc1ccc(NC(=O)c2cc(-c3cccc(OC)c3)no2)cc1. The van der Waals surface area contributed by atoms with Gasteiger partial charge in [-0.1, -0.05) is 17.3 Å². The number of nitrogens with one attached hydrogen (secondary N) is 1. The Morgan fingerprint density at radius 1 is 1.00 bits per heavy atom. The summed E-state index contributed by atoms with van der Waals surface area (Å²) in [5.41, 5.74) is 2.01. The van der Waals surface area contributed by atoms with Crippen LogP contribution in [0.3, 0.4) is 0 Å². The lowest BCUT2D eigenvalue weighted by Crippen LogP contribution is -2.10. The molecular weight excluding hydrogens is 308 g/mol. The van der Waals surface area contributed by atoms with Crippen molar-refractivity contribution >= 4 is 11.6 Å². The molecule has 0 saturated carbocycles. The fourth-order valence-corrected chi connectivity index (χ4v) is 2.17. The van der Waals surface area contributed by atoms with E-state index < -0.39 is 0 Å². The van der Waals surface area contributed by atoms with Crippen molar-refractivity contribution in [3.05, 3.63) is 60.4 Å². The van der Waals surface area contributed by atoms with Crippen LogP contribution in [0.25, 0.3) is 11.3 Å². The van der Waals surface area contributed by atoms with E-state index in [0.29, 0.717) is 22.9 Å². The van der Waals surface area contributed by atoms with Gasteiger partial charge in [-0.05, 0) is 36.4 Å². The van der Waals surface area contributed by atoms with Gasteiger partial charge in [0.2, 0.25) is 5.76 Å². The highest BCUT2D eigenvalue weighted by Gasteiger charge is 2.14. The van der Waals surface area contributed by atoms with E-state index in [-0.39, 0.29) is 11.7 Å². The molecule has 2 aromatic carbocycles. The Morgan fingerprint density at radius 2 is 1.75 bits per heavy atom. The molecule has 0 saturated heterocycles. The second-order valence-corrected chi connectivity index (χ2v) is 4.99. The number of rotatable bonds is 5. The standard InChI is InChI=1S/C18H16N2O4/c1-22-14-8-6-13(7-9-14)19-18(21)17-11-16(20-24-17)12-4-3-5-15(10-12)23-2/h3-11H,1-2H3,(H,19,21). The minimum atomic E-state index is -0.373. The molecule has 1 aromatic heterocycles. The zero-order valence-electron chi connectivity index (χ0n) is 13.3. The molecule has 0 spiro atoms. The van der Waals surface area contributed by atoms with Crippen LogP contribution < -0.4 is 14.8 Å². The highest BCUT2D eigenvalue weighted by molar-refractivity contribution is 6.02. The number of hydrogen-bond acceptors (Lipinski definition) is 5. The van der Waals surface area contributed by atoms with E-state index in [4.69, 9.17) is 14.0 Å². The number of aromatic nitrogens is 1. The second kappa shape index (κ2) is 6.87. The Balaban J connectivity index is 1.75. The van der Waals surface area contributed by atoms with Gasteiger partial charge in [-0.3, -0.25) is 4.79 Å². The molecule has 0 unspecified atom stereocenters. The number of nitrogens with zero attached hydrogens (tertiary/aromatic N) is 1. The predicted octanol–water partition coefficient (Wildman–Crippen LogP) is 3.61. The number of amides is 1. The third-order valence-corrected chi connectivity index (χ3v) is 3.45. The van der Waals surface area contributed by atoms with Crippen molar-refractivity contribution < 1.29 is 18.8 Å². The first kappa shape index (κ1) is 15.6. The lowest BCUT2D eigenvalue weighted by atomic mass is 10.1. The zero-order valence-corrected chi connectivity index (χ0v) is 13.3. The van der Waals surface area contributed by atoms with Crippen LogP contribution >= 0.6 is 0 Å². The van der Waals surface area contributed by atoms with Crippen molar-refractivity contribution in [2.24, 2.45) is 0 Å². The number of carbonyl (C=O) groups is 1. The van der Waals surface area contributed by atoms with Gasteiger partial charge in [0.15, 0.2) is 0 Å². The number of anilines is 1. The van der Waals surface area contributed by atoms with Gasteiger partial charge in [0.25, 0.3) is 5.91 Å². The van der Waals surface area contributed by atoms with E-state index in [1.807, 2.05) is 24.3 Å². The summed E-state index contributed by atoms with van der Waals surface area (Å²) in [5, 5.41) is 6.68. The minimum absolute atomic E-state index is 0.128. The van der Waals surface area contributed by atoms with Gasteiger partial charge < -0.3 is 19.3 Å². The van der Waals surface area contributed by atoms with Crippen molar-refractivity contribution in [3.63, 3.8) is 0 Å². The fourth-order valence-electron chi connectivity index (χ4n) is 2.17. The topological polar surface area (TPSA) is 73.6 Å². The maximum atomic E-state index is 12.2. The highest BCUT2D eigenvalue weighted by Crippen LogP contribution is 2.24. The van der Waals surface area contributed by atoms with Gasteiger partial charge >= 0.3 is 0 Å². The smallest absolute Gasteiger partial charge is 0.294 e. The van der Waals surface area contributed by atoms with Crippen LogP contribution in [0.1, 0.15) is 10.6 Å². The second-order valence-electron chi connectivity index (χ2n) is 4.99. The Labute approximate surface area is 139 Å². The first-order chi connectivity index (χ1) is 11.7. The molecule has 24 heavy (non-hydrogen) atoms. The molecule has 6 heteroatoms. The van der Waals surface area contributed by atoms with E-state index >= 15 is 0 Å². The Morgan fingerprint density at radius 3 is 2.46 bits per heavy atom. The average Bonchev–Trinajstić information content (AvgIpc) is 3.13. The molecule has 1 heterocycles. The first-order valence-corrected chi connectivity index (χ1v) is 7.26. The van der Waals surface area contributed by atoms with Crippen LogP contribution in [0.15, 0.2) is 59.1 Å². The predicted molar refractivity (Wildman–Crippen MR) is 89.4 cm³/mol. The molecular formula is C18H16N2O4. The van der Waals surface area contributed by atoms with Gasteiger partial charge in [0, 0.05) is 17.3 Å². The summed E-state index contributed by atoms with van der Waals surface area (Å²) in [6.45, 7) is 0. The maximum Gasteiger partial charge on any atom is 0.294 e. The molecule has 3 aromatic rings. The Bertz CT molecular complexity index is 840. The molecule has 1 amide bonds. The van der Waals surface area contributed by atoms with Crippen LogP contribution in [0.5, 0.6) is 11.5 Å². The third-order valence-electron chi connectivity index (χ3n) is 3.45. The van der Waals surface area contributed by atoms with Crippen molar-refractivity contribution in [1.82, 2.24) is 5.16 Å². The molecule has 0 radical (unpaired) electrons. The monoisotopic (exact) mass is 324 g/mol. The van der Waals surface area contributed by atoms with Crippen molar-refractivity contribution in [1.29, 1.82) is 0 Å². The molecule has 0 aliphatic carbocycles. The summed E-state index contributed by atoms with van der Waals surface area (Å²) in [6.07, 6.45) is 0. The van der Waals surface area contributed by atoms with E-state index in [9.17, 15) is 4.79 Å². The van der Waals surface area contributed by atoms with Crippen LogP contribution in [0, 0.1) is 0 Å². The number of carbonyl (C=O) groups excluding carboxylic acids is 1. The Kier molecular flexibility index (Phi) is 4.47. The summed E-state index contributed by atoms with van der Waals surface area (Å²) in [7, 11) is 3.18. The van der Waals surface area contributed by atoms with E-state index in [1.54, 1.807) is 44.6 Å². The summed E-state index contributed by atoms with van der Waals surface area (Å²) < 4.78 is 15.4. The Hall–Kier alpha value is -3.28. The highest BCUT2D eigenvalue weighted by atomic mass is 16.5. The van der Waals surface area contributed by atoms with Crippen LogP contribution in [-0.4, -0.2) is 25.3 Å². The zero-order chi connectivity index (χ0) is 16.9. The normalized spacial score (nSPS) is 10.2. The summed E-state index contributed by atoms with van der Waals surface area (Å²) in [4.78, 5) is 12.2. The molecule has 0 atom stereocenters. The maximum absolute atomic E-state index is 12.2. The minimum Gasteiger partial charge on any atom is -0.497 e. The molecule has 6 nitrogen and oxygen atoms in total. The number of methoxy groups -OCH3 is 2. The largest absolute Gasteiger partial charge is 0.497 e. The van der Waals surface area contributed by atoms with Crippen molar-refractivity contribution in [2.75, 3.05) is 19.5 Å². The number of benzene rings is 2. The van der Waals surface area contributed by atoms with Crippen LogP contribution in [0.4, 0.5) is 5.69 Å². The molecule has 0 bridgehead atoms. The van der Waals surface area contributed by atoms with Crippen LogP contribution in [-0.2, 0) is 0 Å². The van der Waals surface area contributed by atoms with Gasteiger partial charge in [0.1, 0.15) is 17.2 Å². The van der Waals surface area contributed by atoms with E-state index in [2.05, 4.69) is 10.5 Å². The van der Waals surface area contributed by atoms with Crippen molar-refractivity contribution in [2.45, 2.75) is 0 Å². The number of ether oxygens (including phenoxy) is 2. The van der Waals surface area contributed by atoms with Gasteiger partial charge in [-0.2, -0.15) is 0 Å². The van der Waals surface area contributed by atoms with E-state index in [0.717, 1.165) is 5.56 Å². The first-order valence-electron chi connectivity index (χ1n) is 7.26. The lowest BCUT2D eigenvalue weighted by molar-refractivity contribution is 0.0988. The molecule has 1 N–H and O–H groups in total. The fraction of sp³-hybridized carbons (Fsp3) is 0.111. The molecule has 3 rings (SSSR count). The lowest BCUT2D eigenvalue weighted by Gasteiger charge is -2.03. The summed E-state index contributed by atoms with van der Waals surface area (Å²) in [5.74, 6) is 1.18. The summed E-state index contributed by atoms with van der Waals surface area (Å²) in [6, 6.07) is 16.0. The number of hydrogen-bond donors (Lipinski definition) is 1. The van der Waals surface area contributed by atoms with Crippen LogP contribution in [0.2, 0.25) is 0 Å². The molecule has 0 fully saturated rings.